The van der Waals surface area contributed by atoms with Gasteiger partial charge < -0.3 is 0 Å². The predicted octanol–water partition coefficient (Wildman–Crippen LogP) is 5.68. The molecule has 16 atom stereocenters. The molecule has 0 saturated heterocycles. The van der Waals surface area contributed by atoms with Gasteiger partial charge in [-0.25, -0.2) is 0 Å². The second-order valence-electron chi connectivity index (χ2n) is 14.1. The van der Waals surface area contributed by atoms with E-state index in [4.69, 9.17) is 0 Å². The molecule has 8 fully saturated rings. The molecule has 8 saturated carbocycles. The summed E-state index contributed by atoms with van der Waals surface area (Å²) >= 11 is 0. The average molecular weight is 376 g/mol. The normalized spacial score (nSPS) is 70.6. The fourth-order valence-electron chi connectivity index (χ4n) is 14.1. The van der Waals surface area contributed by atoms with Gasteiger partial charge in [-0.15, -0.1) is 0 Å². The Morgan fingerprint density at radius 3 is 2.21 bits per heavy atom. The summed E-state index contributed by atoms with van der Waals surface area (Å²) in [6.45, 7) is 10.3. The molecule has 1 heteroatoms. The van der Waals surface area contributed by atoms with E-state index < -0.39 is 0 Å². The summed E-state index contributed by atoms with van der Waals surface area (Å²) in [6, 6.07) is 0. The van der Waals surface area contributed by atoms with Crippen LogP contribution in [-0.4, -0.2) is 7.85 Å². The van der Waals surface area contributed by atoms with Crippen molar-refractivity contribution in [3.63, 3.8) is 0 Å². The molecule has 3 spiro atoms. The van der Waals surface area contributed by atoms with Crippen molar-refractivity contribution in [2.75, 3.05) is 0 Å². The quantitative estimate of drug-likeness (QED) is 0.542. The highest BCUT2D eigenvalue weighted by atomic mass is 15.0. The first-order valence-corrected chi connectivity index (χ1v) is 13.4. The summed E-state index contributed by atoms with van der Waals surface area (Å²) in [4.78, 5) is 0. The second kappa shape index (κ2) is 4.48. The van der Waals surface area contributed by atoms with Crippen molar-refractivity contribution in [1.82, 2.24) is 0 Å². The van der Waals surface area contributed by atoms with Gasteiger partial charge in [-0.1, -0.05) is 39.9 Å². The first-order chi connectivity index (χ1) is 13.4. The zero-order valence-electron chi connectivity index (χ0n) is 19.0. The molecule has 16 unspecified atom stereocenters. The van der Waals surface area contributed by atoms with Crippen LogP contribution in [0.5, 0.6) is 0 Å². The molecule has 0 aromatic carbocycles. The third-order valence-electron chi connectivity index (χ3n) is 14.9. The first-order valence-electron chi connectivity index (χ1n) is 13.4. The van der Waals surface area contributed by atoms with Crippen LogP contribution in [0.4, 0.5) is 0 Å². The molecule has 0 nitrogen and oxygen atoms in total. The average Bonchev–Trinajstić information content (AvgIpc) is 3.12. The van der Waals surface area contributed by atoms with Crippen molar-refractivity contribution in [3.8, 4) is 0 Å². The molecule has 0 amide bonds. The molecular weight excluding hydrogens is 335 g/mol. The lowest BCUT2D eigenvalue weighted by Gasteiger charge is -2.72. The maximum atomic E-state index is 2.81. The second-order valence-corrected chi connectivity index (χ2v) is 14.1. The van der Waals surface area contributed by atoms with Crippen LogP contribution >= 0.6 is 0 Å². The van der Waals surface area contributed by atoms with Crippen LogP contribution in [0.25, 0.3) is 0 Å². The molecule has 0 N–H and O–H groups in total. The molecule has 3 bridgehead atoms. The molecule has 0 aliphatic heterocycles. The Morgan fingerprint density at radius 1 is 0.857 bits per heavy atom. The maximum absolute atomic E-state index is 2.81. The molecule has 0 radical (unpaired) electrons. The SMILES string of the molecule is BC1C23CC45C6CC4C(C(C)C(C)CC(C)CC)C2C2CC4CC(C3C5C6)C421. The molecule has 28 heavy (non-hydrogen) atoms. The van der Waals surface area contributed by atoms with Gasteiger partial charge in [-0.2, -0.15) is 0 Å². The van der Waals surface area contributed by atoms with Crippen molar-refractivity contribution in [2.24, 2.45) is 87.3 Å². The van der Waals surface area contributed by atoms with Crippen LogP contribution in [0.15, 0.2) is 0 Å². The van der Waals surface area contributed by atoms with Gasteiger partial charge in [0.25, 0.3) is 0 Å². The minimum atomic E-state index is 0.839. The van der Waals surface area contributed by atoms with Crippen LogP contribution < -0.4 is 0 Å². The zero-order chi connectivity index (χ0) is 19.0. The van der Waals surface area contributed by atoms with E-state index in [-0.39, 0.29) is 0 Å². The van der Waals surface area contributed by atoms with Gasteiger partial charge in [-0.05, 0) is 126 Å². The number of rotatable bonds is 5. The van der Waals surface area contributed by atoms with Crippen molar-refractivity contribution < 1.29 is 0 Å². The van der Waals surface area contributed by atoms with E-state index in [1.165, 1.54) is 48.3 Å². The molecule has 8 aliphatic rings. The Balaban J connectivity index is 1.25. The summed E-state index contributed by atoms with van der Waals surface area (Å²) in [6.07, 6.45) is 11.3. The third kappa shape index (κ3) is 1.22. The van der Waals surface area contributed by atoms with Crippen molar-refractivity contribution in [3.05, 3.63) is 0 Å². The van der Waals surface area contributed by atoms with Crippen LogP contribution in [0, 0.1) is 87.3 Å². The van der Waals surface area contributed by atoms with E-state index in [9.17, 15) is 0 Å². The highest BCUT2D eigenvalue weighted by Crippen LogP contribution is 3.02. The van der Waals surface area contributed by atoms with E-state index >= 15 is 0 Å². The van der Waals surface area contributed by atoms with Gasteiger partial charge in [0, 0.05) is 0 Å². The summed E-state index contributed by atoms with van der Waals surface area (Å²) in [5.74, 6) is 14.6. The summed E-state index contributed by atoms with van der Waals surface area (Å²) < 4.78 is 0. The highest BCUT2D eigenvalue weighted by molar-refractivity contribution is 6.14. The van der Waals surface area contributed by atoms with Gasteiger partial charge in [0.2, 0.25) is 0 Å². The topological polar surface area (TPSA) is 0 Å². The fourth-order valence-corrected chi connectivity index (χ4v) is 14.1. The lowest BCUT2D eigenvalue weighted by molar-refractivity contribution is -0.244. The smallest absolute Gasteiger partial charge is 0.0651 e. The van der Waals surface area contributed by atoms with Crippen molar-refractivity contribution in [1.29, 1.82) is 0 Å². The minimum absolute atomic E-state index is 0.839. The Kier molecular flexibility index (Phi) is 2.68. The summed E-state index contributed by atoms with van der Waals surface area (Å²) in [5, 5.41) is 0. The van der Waals surface area contributed by atoms with Gasteiger partial charge in [0.15, 0.2) is 0 Å². The van der Waals surface area contributed by atoms with Gasteiger partial charge in [0.1, 0.15) is 7.85 Å². The predicted molar refractivity (Wildman–Crippen MR) is 116 cm³/mol. The van der Waals surface area contributed by atoms with Gasteiger partial charge in [-0.3, -0.25) is 0 Å². The van der Waals surface area contributed by atoms with Gasteiger partial charge >= 0.3 is 0 Å². The molecule has 152 valence electrons. The first kappa shape index (κ1) is 16.7. The molecule has 8 aliphatic carbocycles. The Morgan fingerprint density at radius 2 is 1.54 bits per heavy atom. The maximum Gasteiger partial charge on any atom is 0.106 e. The Hall–Kier alpha value is 0.0649. The van der Waals surface area contributed by atoms with Crippen molar-refractivity contribution in [2.45, 2.75) is 78.5 Å². The van der Waals surface area contributed by atoms with Crippen LogP contribution in [0.3, 0.4) is 0 Å². The van der Waals surface area contributed by atoms with E-state index in [0.717, 1.165) is 57.6 Å². The van der Waals surface area contributed by atoms with Crippen LogP contribution in [0.2, 0.25) is 5.82 Å². The lowest BCUT2D eigenvalue weighted by atomic mass is 9.32. The van der Waals surface area contributed by atoms with E-state index in [2.05, 4.69) is 35.5 Å². The van der Waals surface area contributed by atoms with Crippen LogP contribution in [0.1, 0.15) is 72.6 Å². The fraction of sp³-hybridized carbons (Fsp3) is 1.00. The van der Waals surface area contributed by atoms with Crippen molar-refractivity contribution >= 4 is 7.85 Å². The molecule has 0 heterocycles. The monoisotopic (exact) mass is 376 g/mol. The summed E-state index contributed by atoms with van der Waals surface area (Å²) in [7, 11) is 2.81. The van der Waals surface area contributed by atoms with E-state index in [1.54, 1.807) is 32.1 Å². The number of hydrogen-bond acceptors (Lipinski definition) is 0. The standard InChI is InChI=1S/C27H41B/c1-5-12(2)6-13(3)14(4)21-17-7-15-8-18-22-19-9-16-10-20-23(21)26(22,11-25(15,17)18)24(28)27(16,19)20/h12-24H,5-11,28H2,1-4H3. The minimum Gasteiger partial charge on any atom is -0.0651 e. The zero-order valence-corrected chi connectivity index (χ0v) is 19.0. The lowest BCUT2D eigenvalue weighted by Crippen LogP contribution is -2.66. The van der Waals surface area contributed by atoms with Gasteiger partial charge in [0.05, 0.1) is 0 Å². The number of hydrogen-bond donors (Lipinski definition) is 0. The molecule has 0 aromatic rings. The Bertz CT molecular complexity index is 774. The molecular formula is C27H41B. The highest BCUT2D eigenvalue weighted by Gasteiger charge is 2.95. The van der Waals surface area contributed by atoms with E-state index in [0.29, 0.717) is 0 Å². The number of fused-ring (bicyclic) bond motifs is 3. The third-order valence-corrected chi connectivity index (χ3v) is 14.9. The molecule has 0 aromatic heterocycles. The molecule has 8 rings (SSSR count). The Labute approximate surface area is 173 Å². The van der Waals surface area contributed by atoms with Crippen LogP contribution in [-0.2, 0) is 0 Å². The van der Waals surface area contributed by atoms with E-state index in [1.807, 2.05) is 0 Å². The summed E-state index contributed by atoms with van der Waals surface area (Å²) in [5.41, 5.74) is 2.62. The largest absolute Gasteiger partial charge is 0.106 e.